The van der Waals surface area contributed by atoms with E-state index in [4.69, 9.17) is 20.8 Å². The summed E-state index contributed by atoms with van der Waals surface area (Å²) in [6.07, 6.45) is 1.41. The number of rotatable bonds is 4. The van der Waals surface area contributed by atoms with Crippen molar-refractivity contribution < 1.29 is 13.9 Å². The van der Waals surface area contributed by atoms with E-state index in [-0.39, 0.29) is 24.3 Å². The van der Waals surface area contributed by atoms with E-state index in [1.54, 1.807) is 23.1 Å². The Morgan fingerprint density at radius 2 is 2.16 bits per heavy atom. The van der Waals surface area contributed by atoms with Crippen LogP contribution in [0.4, 0.5) is 0 Å². The quantitative estimate of drug-likeness (QED) is 0.775. The highest BCUT2D eigenvalue weighted by molar-refractivity contribution is 6.30. The molecule has 3 heterocycles. The fraction of sp³-hybridized carbons (Fsp3) is 0.235. The van der Waals surface area contributed by atoms with Crippen molar-refractivity contribution in [2.45, 2.75) is 25.8 Å². The third kappa shape index (κ3) is 3.29. The summed E-state index contributed by atoms with van der Waals surface area (Å²) in [5.41, 5.74) is 1.96. The van der Waals surface area contributed by atoms with Crippen LogP contribution >= 0.6 is 11.6 Å². The summed E-state index contributed by atoms with van der Waals surface area (Å²) in [5, 5.41) is 11.5. The Balaban J connectivity index is 1.46. The van der Waals surface area contributed by atoms with Crippen LogP contribution in [0, 0.1) is 0 Å². The molecule has 0 bridgehead atoms. The van der Waals surface area contributed by atoms with Crippen molar-refractivity contribution in [3.8, 4) is 0 Å². The zero-order valence-corrected chi connectivity index (χ0v) is 13.9. The number of halogens is 1. The summed E-state index contributed by atoms with van der Waals surface area (Å²) in [5.74, 6) is 0.375. The third-order valence-electron chi connectivity index (χ3n) is 4.06. The fourth-order valence-electron chi connectivity index (χ4n) is 2.73. The molecule has 1 N–H and O–H groups in total. The van der Waals surface area contributed by atoms with E-state index in [0.29, 0.717) is 29.6 Å². The highest BCUT2D eigenvalue weighted by Crippen LogP contribution is 2.27. The summed E-state index contributed by atoms with van der Waals surface area (Å²) in [4.78, 5) is 12.3. The van der Waals surface area contributed by atoms with Gasteiger partial charge in [-0.05, 0) is 29.8 Å². The van der Waals surface area contributed by atoms with E-state index >= 15 is 0 Å². The zero-order valence-electron chi connectivity index (χ0n) is 13.2. The molecule has 1 atom stereocenters. The zero-order chi connectivity index (χ0) is 17.2. The first-order valence-corrected chi connectivity index (χ1v) is 8.18. The van der Waals surface area contributed by atoms with Crippen molar-refractivity contribution in [1.82, 2.24) is 20.3 Å². The molecule has 7 nitrogen and oxygen atoms in total. The number of fused-ring (bicyclic) bond motifs is 1. The third-order valence-corrected chi connectivity index (χ3v) is 4.31. The smallest absolute Gasteiger partial charge is 0.274 e. The molecule has 4 rings (SSSR count). The number of nitrogens with zero attached hydrogens (tertiary/aromatic N) is 3. The number of benzene rings is 1. The van der Waals surface area contributed by atoms with Gasteiger partial charge in [0.1, 0.15) is 11.9 Å². The molecule has 1 aliphatic heterocycles. The molecule has 25 heavy (non-hydrogen) atoms. The monoisotopic (exact) mass is 358 g/mol. The number of carbonyl (C=O) groups excluding carboxylic acids is 1. The van der Waals surface area contributed by atoms with Gasteiger partial charge >= 0.3 is 0 Å². The predicted octanol–water partition coefficient (Wildman–Crippen LogP) is 2.73. The van der Waals surface area contributed by atoms with Crippen molar-refractivity contribution in [1.29, 1.82) is 0 Å². The van der Waals surface area contributed by atoms with Crippen LogP contribution in [0.3, 0.4) is 0 Å². The fourth-order valence-corrected chi connectivity index (χ4v) is 2.86. The molecule has 0 fully saturated rings. The molecule has 1 amide bonds. The molecule has 0 spiro atoms. The van der Waals surface area contributed by atoms with Crippen LogP contribution < -0.4 is 5.32 Å². The molecule has 0 saturated carbocycles. The summed E-state index contributed by atoms with van der Waals surface area (Å²) >= 11 is 5.92. The number of nitrogens with one attached hydrogen (secondary N) is 1. The van der Waals surface area contributed by atoms with E-state index in [1.165, 1.54) is 0 Å². The molecule has 1 unspecified atom stereocenters. The minimum Gasteiger partial charge on any atom is -0.467 e. The van der Waals surface area contributed by atoms with Crippen LogP contribution in [0.1, 0.15) is 33.6 Å². The molecule has 2 aromatic heterocycles. The van der Waals surface area contributed by atoms with E-state index in [2.05, 4.69) is 15.6 Å². The van der Waals surface area contributed by atoms with Gasteiger partial charge in [-0.3, -0.25) is 4.79 Å². The first-order valence-electron chi connectivity index (χ1n) is 7.81. The topological polar surface area (TPSA) is 82.2 Å². The molecule has 0 radical (unpaired) electrons. The Kier molecular flexibility index (Phi) is 4.25. The van der Waals surface area contributed by atoms with Crippen LogP contribution in [-0.4, -0.2) is 20.9 Å². The van der Waals surface area contributed by atoms with Crippen molar-refractivity contribution >= 4 is 17.5 Å². The normalized spacial score (nSPS) is 16.4. The van der Waals surface area contributed by atoms with Gasteiger partial charge in [-0.25, -0.2) is 4.68 Å². The van der Waals surface area contributed by atoms with Gasteiger partial charge in [-0.2, -0.15) is 0 Å². The number of amides is 1. The molecule has 0 aliphatic carbocycles. The lowest BCUT2D eigenvalue weighted by Crippen LogP contribution is -2.27. The molecule has 0 saturated heterocycles. The lowest BCUT2D eigenvalue weighted by molar-refractivity contribution is -0.00177. The Morgan fingerprint density at radius 3 is 2.92 bits per heavy atom. The summed E-state index contributed by atoms with van der Waals surface area (Å²) < 4.78 is 12.8. The summed E-state index contributed by atoms with van der Waals surface area (Å²) in [7, 11) is 0. The molecule has 1 aromatic carbocycles. The number of aromatic nitrogens is 3. The average Bonchev–Trinajstić information content (AvgIpc) is 3.29. The van der Waals surface area contributed by atoms with E-state index in [0.717, 1.165) is 5.56 Å². The van der Waals surface area contributed by atoms with Crippen molar-refractivity contribution in [2.75, 3.05) is 0 Å². The van der Waals surface area contributed by atoms with Gasteiger partial charge < -0.3 is 14.5 Å². The van der Waals surface area contributed by atoms with Crippen LogP contribution in [0.15, 0.2) is 47.1 Å². The van der Waals surface area contributed by atoms with Crippen LogP contribution in [0.5, 0.6) is 0 Å². The maximum Gasteiger partial charge on any atom is 0.274 e. The summed E-state index contributed by atoms with van der Waals surface area (Å²) in [6.45, 7) is 1.06. The average molecular weight is 359 g/mol. The van der Waals surface area contributed by atoms with Gasteiger partial charge in [0.25, 0.3) is 5.91 Å². The number of carbonyl (C=O) groups is 1. The van der Waals surface area contributed by atoms with E-state index < -0.39 is 0 Å². The van der Waals surface area contributed by atoms with Crippen LogP contribution in [0.25, 0.3) is 0 Å². The number of furan rings is 1. The minimum atomic E-state index is -0.300. The predicted molar refractivity (Wildman–Crippen MR) is 88.9 cm³/mol. The van der Waals surface area contributed by atoms with Gasteiger partial charge in [-0.1, -0.05) is 28.9 Å². The van der Waals surface area contributed by atoms with E-state index in [1.807, 2.05) is 24.3 Å². The van der Waals surface area contributed by atoms with Crippen LogP contribution in [0.2, 0.25) is 5.02 Å². The first-order chi connectivity index (χ1) is 12.2. The second kappa shape index (κ2) is 6.70. The molecular weight excluding hydrogens is 344 g/mol. The molecule has 8 heteroatoms. The number of hydrogen-bond donors (Lipinski definition) is 1. The Hall–Kier alpha value is -2.64. The summed E-state index contributed by atoms with van der Waals surface area (Å²) in [6, 6.07) is 11.1. The van der Waals surface area contributed by atoms with Crippen molar-refractivity contribution in [2.24, 2.45) is 0 Å². The largest absolute Gasteiger partial charge is 0.467 e. The van der Waals surface area contributed by atoms with E-state index in [9.17, 15) is 4.79 Å². The molecule has 3 aromatic rings. The standard InChI is InChI=1S/C17H15ClN4O3/c18-12-5-3-11(4-6-12)15-9-22-14(10-25-15)16(20-21-22)17(23)19-8-13-2-1-7-24-13/h1-7,15H,8-10H2,(H,19,23). The highest BCUT2D eigenvalue weighted by atomic mass is 35.5. The number of ether oxygens (including phenoxy) is 1. The van der Waals surface area contributed by atoms with Gasteiger partial charge in [0.15, 0.2) is 5.69 Å². The van der Waals surface area contributed by atoms with Crippen molar-refractivity contribution in [3.63, 3.8) is 0 Å². The first kappa shape index (κ1) is 15.9. The Morgan fingerprint density at radius 1 is 1.32 bits per heavy atom. The number of hydrogen-bond acceptors (Lipinski definition) is 5. The molecule has 128 valence electrons. The van der Waals surface area contributed by atoms with Gasteiger partial charge in [-0.15, -0.1) is 5.10 Å². The Bertz CT molecular complexity index is 874. The second-order valence-electron chi connectivity index (χ2n) is 5.68. The van der Waals surface area contributed by atoms with Crippen LogP contribution in [-0.2, 0) is 24.4 Å². The Labute approximate surface area is 148 Å². The molecule has 1 aliphatic rings. The van der Waals surface area contributed by atoms with Crippen molar-refractivity contribution in [3.05, 3.63) is 70.4 Å². The highest BCUT2D eigenvalue weighted by Gasteiger charge is 2.27. The lowest BCUT2D eigenvalue weighted by atomic mass is 10.1. The van der Waals surface area contributed by atoms with Gasteiger partial charge in [0.05, 0.1) is 31.7 Å². The second-order valence-corrected chi connectivity index (χ2v) is 6.12. The van der Waals surface area contributed by atoms with Gasteiger partial charge in [0.2, 0.25) is 0 Å². The maximum absolute atomic E-state index is 12.3. The maximum atomic E-state index is 12.3. The van der Waals surface area contributed by atoms with Gasteiger partial charge in [0, 0.05) is 5.02 Å². The molecular formula is C17H15ClN4O3. The minimum absolute atomic E-state index is 0.148. The SMILES string of the molecule is O=C(NCc1ccco1)c1nnn2c1COC(c1ccc(Cl)cc1)C2. The lowest BCUT2D eigenvalue weighted by Gasteiger charge is -2.24.